The molecular formula is C11H20N2O2. The van der Waals surface area contributed by atoms with Gasteiger partial charge in [-0.15, -0.1) is 0 Å². The maximum absolute atomic E-state index is 11.5. The first-order valence-electron chi connectivity index (χ1n) is 5.51. The van der Waals surface area contributed by atoms with Crippen molar-refractivity contribution in [2.75, 3.05) is 26.2 Å². The first-order valence-corrected chi connectivity index (χ1v) is 5.51. The van der Waals surface area contributed by atoms with Crippen molar-refractivity contribution in [3.05, 3.63) is 11.6 Å². The lowest BCUT2D eigenvalue weighted by Gasteiger charge is -2.23. The van der Waals surface area contributed by atoms with Gasteiger partial charge >= 0.3 is 0 Å². The fourth-order valence-electron chi connectivity index (χ4n) is 1.50. The molecule has 4 nitrogen and oxygen atoms in total. The van der Waals surface area contributed by atoms with Crippen LogP contribution in [0.2, 0.25) is 0 Å². The number of carbonyl (C=O) groups excluding carboxylic acids is 1. The van der Waals surface area contributed by atoms with E-state index in [1.54, 1.807) is 0 Å². The Morgan fingerprint density at radius 2 is 2.47 bits per heavy atom. The van der Waals surface area contributed by atoms with Crippen LogP contribution >= 0.6 is 0 Å². The molecule has 0 bridgehead atoms. The molecule has 0 radical (unpaired) electrons. The minimum absolute atomic E-state index is 0.00558. The fraction of sp³-hybridized carbons (Fsp3) is 0.727. The number of carbonyl (C=O) groups is 1. The Labute approximate surface area is 91.1 Å². The van der Waals surface area contributed by atoms with Gasteiger partial charge < -0.3 is 15.4 Å². The van der Waals surface area contributed by atoms with E-state index in [9.17, 15) is 4.79 Å². The first-order chi connectivity index (χ1) is 7.24. The molecule has 15 heavy (non-hydrogen) atoms. The average Bonchev–Trinajstić information content (AvgIpc) is 2.27. The van der Waals surface area contributed by atoms with Gasteiger partial charge in [-0.05, 0) is 13.3 Å². The molecule has 4 heteroatoms. The van der Waals surface area contributed by atoms with Gasteiger partial charge in [0, 0.05) is 25.2 Å². The summed E-state index contributed by atoms with van der Waals surface area (Å²) in [4.78, 5) is 11.5. The standard InChI is InChI=1S/C11H20N2O2/c1-3-4-9(2)11(14)13-8-10-7-12-5-6-15-10/h4,10,12H,3,5-8H2,1-2H3,(H,13,14)/b9-4-. The maximum Gasteiger partial charge on any atom is 0.246 e. The molecule has 1 amide bonds. The van der Waals surface area contributed by atoms with E-state index >= 15 is 0 Å². The smallest absolute Gasteiger partial charge is 0.246 e. The Kier molecular flexibility index (Phi) is 5.36. The Morgan fingerprint density at radius 1 is 1.67 bits per heavy atom. The molecule has 0 aromatic heterocycles. The second-order valence-corrected chi connectivity index (χ2v) is 3.70. The second kappa shape index (κ2) is 6.58. The van der Waals surface area contributed by atoms with Crippen molar-refractivity contribution in [1.82, 2.24) is 10.6 Å². The highest BCUT2D eigenvalue weighted by Crippen LogP contribution is 1.97. The van der Waals surface area contributed by atoms with E-state index < -0.39 is 0 Å². The van der Waals surface area contributed by atoms with Crippen LogP contribution in [0.5, 0.6) is 0 Å². The number of nitrogens with one attached hydrogen (secondary N) is 2. The van der Waals surface area contributed by atoms with E-state index in [-0.39, 0.29) is 12.0 Å². The number of allylic oxidation sites excluding steroid dienone is 1. The summed E-state index contributed by atoms with van der Waals surface area (Å²) in [6.07, 6.45) is 2.92. The van der Waals surface area contributed by atoms with Gasteiger partial charge in [-0.1, -0.05) is 13.0 Å². The summed E-state index contributed by atoms with van der Waals surface area (Å²) in [5, 5.41) is 6.09. The van der Waals surface area contributed by atoms with E-state index in [2.05, 4.69) is 10.6 Å². The highest BCUT2D eigenvalue weighted by molar-refractivity contribution is 5.92. The quantitative estimate of drug-likeness (QED) is 0.665. The first kappa shape index (κ1) is 12.2. The third-order valence-corrected chi connectivity index (χ3v) is 2.36. The number of ether oxygens (including phenoxy) is 1. The Hall–Kier alpha value is -0.870. The molecule has 1 fully saturated rings. The highest BCUT2D eigenvalue weighted by Gasteiger charge is 2.14. The topological polar surface area (TPSA) is 50.4 Å². The maximum atomic E-state index is 11.5. The molecule has 86 valence electrons. The van der Waals surface area contributed by atoms with E-state index in [0.29, 0.717) is 6.54 Å². The molecule has 0 saturated carbocycles. The lowest BCUT2D eigenvalue weighted by molar-refractivity contribution is -0.118. The molecular weight excluding hydrogens is 192 g/mol. The van der Waals surface area contributed by atoms with Gasteiger partial charge in [0.2, 0.25) is 5.91 Å². The van der Waals surface area contributed by atoms with Gasteiger partial charge in [-0.2, -0.15) is 0 Å². The summed E-state index contributed by atoms with van der Waals surface area (Å²) in [6, 6.07) is 0. The summed E-state index contributed by atoms with van der Waals surface area (Å²) < 4.78 is 5.47. The third kappa shape index (κ3) is 4.44. The number of amides is 1. The van der Waals surface area contributed by atoms with Crippen molar-refractivity contribution in [2.24, 2.45) is 0 Å². The zero-order chi connectivity index (χ0) is 11.1. The monoisotopic (exact) mass is 212 g/mol. The van der Waals surface area contributed by atoms with E-state index in [1.165, 1.54) is 0 Å². The van der Waals surface area contributed by atoms with Crippen LogP contribution in [0.4, 0.5) is 0 Å². The predicted octanol–water partition coefficient (Wildman–Crippen LogP) is 0.447. The number of hydrogen-bond acceptors (Lipinski definition) is 3. The van der Waals surface area contributed by atoms with Crippen molar-refractivity contribution in [2.45, 2.75) is 26.4 Å². The zero-order valence-electron chi connectivity index (χ0n) is 9.51. The van der Waals surface area contributed by atoms with E-state index in [4.69, 9.17) is 4.74 Å². The molecule has 1 unspecified atom stereocenters. The van der Waals surface area contributed by atoms with Crippen molar-refractivity contribution < 1.29 is 9.53 Å². The fourth-order valence-corrected chi connectivity index (χ4v) is 1.50. The molecule has 1 heterocycles. The molecule has 1 saturated heterocycles. The van der Waals surface area contributed by atoms with Crippen LogP contribution in [-0.2, 0) is 9.53 Å². The number of hydrogen-bond donors (Lipinski definition) is 2. The summed E-state index contributed by atoms with van der Waals surface area (Å²) in [6.45, 7) is 6.88. The number of morpholine rings is 1. The van der Waals surface area contributed by atoms with Crippen molar-refractivity contribution in [1.29, 1.82) is 0 Å². The normalized spacial score (nSPS) is 22.5. The third-order valence-electron chi connectivity index (χ3n) is 2.36. The predicted molar refractivity (Wildman–Crippen MR) is 59.7 cm³/mol. The zero-order valence-corrected chi connectivity index (χ0v) is 9.51. The van der Waals surface area contributed by atoms with Crippen LogP contribution in [0, 0.1) is 0 Å². The van der Waals surface area contributed by atoms with Crippen LogP contribution in [0.1, 0.15) is 20.3 Å². The van der Waals surface area contributed by atoms with Crippen LogP contribution in [0.15, 0.2) is 11.6 Å². The van der Waals surface area contributed by atoms with Gasteiger partial charge in [0.1, 0.15) is 0 Å². The summed E-state index contributed by atoms with van der Waals surface area (Å²) in [5.41, 5.74) is 0.779. The van der Waals surface area contributed by atoms with Crippen LogP contribution in [0.25, 0.3) is 0 Å². The average molecular weight is 212 g/mol. The largest absolute Gasteiger partial charge is 0.374 e. The van der Waals surface area contributed by atoms with Crippen LogP contribution in [-0.4, -0.2) is 38.3 Å². The SMILES string of the molecule is CC/C=C(/C)C(=O)NCC1CNCCO1. The van der Waals surface area contributed by atoms with Gasteiger partial charge in [0.05, 0.1) is 12.7 Å². The molecule has 2 N–H and O–H groups in total. The Balaban J connectivity index is 2.23. The molecule has 1 aliphatic heterocycles. The van der Waals surface area contributed by atoms with Gasteiger partial charge in [0.15, 0.2) is 0 Å². The molecule has 1 rings (SSSR count). The molecule has 1 aliphatic rings. The van der Waals surface area contributed by atoms with Gasteiger partial charge in [-0.25, -0.2) is 0 Å². The Bertz CT molecular complexity index is 233. The lowest BCUT2D eigenvalue weighted by atomic mass is 10.2. The van der Waals surface area contributed by atoms with Crippen LogP contribution < -0.4 is 10.6 Å². The lowest BCUT2D eigenvalue weighted by Crippen LogP contribution is -2.45. The molecule has 0 aliphatic carbocycles. The summed E-state index contributed by atoms with van der Waals surface area (Å²) in [7, 11) is 0. The van der Waals surface area contributed by atoms with E-state index in [0.717, 1.165) is 31.7 Å². The Morgan fingerprint density at radius 3 is 3.07 bits per heavy atom. The van der Waals surface area contributed by atoms with Crippen molar-refractivity contribution in [3.63, 3.8) is 0 Å². The minimum Gasteiger partial charge on any atom is -0.374 e. The van der Waals surface area contributed by atoms with Crippen molar-refractivity contribution in [3.8, 4) is 0 Å². The highest BCUT2D eigenvalue weighted by atomic mass is 16.5. The van der Waals surface area contributed by atoms with Crippen molar-refractivity contribution >= 4 is 5.91 Å². The number of rotatable bonds is 4. The van der Waals surface area contributed by atoms with E-state index in [1.807, 2.05) is 19.9 Å². The molecule has 0 aromatic carbocycles. The van der Waals surface area contributed by atoms with Crippen LogP contribution in [0.3, 0.4) is 0 Å². The minimum atomic E-state index is 0.00558. The molecule has 0 spiro atoms. The summed E-state index contributed by atoms with van der Waals surface area (Å²) in [5.74, 6) is 0.00558. The summed E-state index contributed by atoms with van der Waals surface area (Å²) >= 11 is 0. The molecule has 0 aromatic rings. The van der Waals surface area contributed by atoms with Gasteiger partial charge in [0.25, 0.3) is 0 Å². The second-order valence-electron chi connectivity index (χ2n) is 3.70. The molecule has 1 atom stereocenters. The van der Waals surface area contributed by atoms with Gasteiger partial charge in [-0.3, -0.25) is 4.79 Å².